The van der Waals surface area contributed by atoms with Crippen LogP contribution in [0.15, 0.2) is 108 Å². The van der Waals surface area contributed by atoms with Gasteiger partial charge >= 0.3 is 0 Å². The van der Waals surface area contributed by atoms with E-state index in [9.17, 15) is 14.4 Å². The van der Waals surface area contributed by atoms with E-state index in [4.69, 9.17) is 20.6 Å². The smallest absolute Gasteiger partial charge is 0.294 e. The molecule has 5 aromatic carbocycles. The number of oxazole rings is 1. The highest BCUT2D eigenvalue weighted by Crippen LogP contribution is 2.29. The van der Waals surface area contributed by atoms with Gasteiger partial charge in [-0.2, -0.15) is 4.98 Å². The average Bonchev–Trinajstić information content (AvgIpc) is 3.96. The SMILES string of the molecule is CC(C)(C)C(=O)c1ccc2nc(-c3ccc(N)cc3)[nH]c2c1.CC(C)(C)C(=O)c1ccc2oc(-c3ccc(N)cc3)nc2c1.COc1nc2ccc(C(=O)C(C)(C)C)cc2[nH]1. The van der Waals surface area contributed by atoms with Gasteiger partial charge in [-0.05, 0) is 103 Å². The first-order valence-corrected chi connectivity index (χ1v) is 19.9. The Labute approximate surface area is 355 Å². The molecule has 6 N–H and O–H groups in total. The number of nitrogens with one attached hydrogen (secondary N) is 2. The van der Waals surface area contributed by atoms with Crippen molar-refractivity contribution < 1.29 is 23.5 Å². The lowest BCUT2D eigenvalue weighted by molar-refractivity contribution is 0.0852. The largest absolute Gasteiger partial charge is 0.468 e. The molecule has 3 heterocycles. The molecule has 0 fully saturated rings. The van der Waals surface area contributed by atoms with Crippen molar-refractivity contribution in [3.63, 3.8) is 0 Å². The Morgan fingerprint density at radius 3 is 1.46 bits per heavy atom. The number of hydrogen-bond acceptors (Lipinski definition) is 10. The minimum absolute atomic E-state index is 0.0893. The van der Waals surface area contributed by atoms with Gasteiger partial charge in [0.1, 0.15) is 11.3 Å². The van der Waals surface area contributed by atoms with Gasteiger partial charge in [0.25, 0.3) is 6.01 Å². The van der Waals surface area contributed by atoms with Gasteiger partial charge in [-0.1, -0.05) is 62.3 Å². The molecule has 3 aromatic heterocycles. The topological polar surface area (TPSA) is 196 Å². The molecule has 0 saturated carbocycles. The van der Waals surface area contributed by atoms with Crippen LogP contribution in [0.4, 0.5) is 11.4 Å². The summed E-state index contributed by atoms with van der Waals surface area (Å²) in [5.41, 5.74) is 20.1. The number of H-pyrrole nitrogens is 2. The van der Waals surface area contributed by atoms with Crippen LogP contribution in [0.3, 0.4) is 0 Å². The van der Waals surface area contributed by atoms with Crippen molar-refractivity contribution in [1.82, 2.24) is 24.9 Å². The molecule has 0 bridgehead atoms. The van der Waals surface area contributed by atoms with E-state index in [1.165, 1.54) is 0 Å². The van der Waals surface area contributed by atoms with Crippen LogP contribution in [-0.4, -0.2) is 49.4 Å². The predicted molar refractivity (Wildman–Crippen MR) is 244 cm³/mol. The fraction of sp³-hybridized carbons (Fsp3) is 0.265. The molecule has 0 amide bonds. The summed E-state index contributed by atoms with van der Waals surface area (Å²) >= 11 is 0. The second-order valence-corrected chi connectivity index (χ2v) is 18.0. The second-order valence-electron chi connectivity index (χ2n) is 18.0. The molecule has 0 unspecified atom stereocenters. The summed E-state index contributed by atoms with van der Waals surface area (Å²) in [6.07, 6.45) is 0. The van der Waals surface area contributed by atoms with Crippen molar-refractivity contribution in [3.05, 3.63) is 120 Å². The molecule has 314 valence electrons. The maximum Gasteiger partial charge on any atom is 0.294 e. The first-order chi connectivity index (χ1) is 28.6. The summed E-state index contributed by atoms with van der Waals surface area (Å²) in [5.74, 6) is 1.63. The summed E-state index contributed by atoms with van der Waals surface area (Å²) in [4.78, 5) is 56.4. The molecule has 0 atom stereocenters. The fourth-order valence-corrected chi connectivity index (χ4v) is 6.27. The number of Topliss-reactive ketones (excluding diaryl/α,β-unsaturated/α-hetero) is 3. The molecule has 0 spiro atoms. The number of ketones is 3. The Morgan fingerprint density at radius 1 is 0.525 bits per heavy atom. The zero-order valence-electron chi connectivity index (χ0n) is 36.4. The third kappa shape index (κ3) is 10.2. The molecule has 8 aromatic rings. The number of nitrogens with zero attached hydrogens (tertiary/aromatic N) is 3. The number of ether oxygens (including phenoxy) is 1. The third-order valence-corrected chi connectivity index (χ3v) is 9.69. The number of fused-ring (bicyclic) bond motifs is 3. The molecular weight excluding hydrogens is 767 g/mol. The van der Waals surface area contributed by atoms with Crippen LogP contribution >= 0.6 is 0 Å². The molecule has 8 rings (SSSR count). The van der Waals surface area contributed by atoms with Crippen molar-refractivity contribution in [2.24, 2.45) is 16.2 Å². The molecule has 0 aliphatic rings. The molecular formula is C49H53N7O5. The van der Waals surface area contributed by atoms with E-state index in [0.29, 0.717) is 45.4 Å². The Bertz CT molecular complexity index is 2720. The molecule has 0 saturated heterocycles. The van der Waals surface area contributed by atoms with E-state index in [0.717, 1.165) is 44.7 Å². The lowest BCUT2D eigenvalue weighted by Crippen LogP contribution is -2.20. The van der Waals surface area contributed by atoms with Gasteiger partial charge in [0.2, 0.25) is 5.89 Å². The number of nitrogens with two attached hydrogens (primary N) is 2. The Hall–Kier alpha value is -7.08. The number of aromatic nitrogens is 5. The normalized spacial score (nSPS) is 11.8. The molecule has 0 aliphatic heterocycles. The van der Waals surface area contributed by atoms with Crippen molar-refractivity contribution in [3.8, 4) is 28.9 Å². The maximum atomic E-state index is 12.4. The molecule has 0 radical (unpaired) electrons. The van der Waals surface area contributed by atoms with Crippen molar-refractivity contribution in [1.29, 1.82) is 0 Å². The number of nitrogen functional groups attached to an aromatic ring is 2. The van der Waals surface area contributed by atoms with Gasteiger partial charge in [0, 0.05) is 55.4 Å². The summed E-state index contributed by atoms with van der Waals surface area (Å²) in [6.45, 7) is 17.2. The second kappa shape index (κ2) is 16.9. The van der Waals surface area contributed by atoms with Crippen LogP contribution in [0.25, 0.3) is 56.0 Å². The molecule has 61 heavy (non-hydrogen) atoms. The molecule has 12 heteroatoms. The summed E-state index contributed by atoms with van der Waals surface area (Å²) in [5, 5.41) is 0. The van der Waals surface area contributed by atoms with Crippen molar-refractivity contribution in [2.75, 3.05) is 18.6 Å². The quantitative estimate of drug-likeness (QED) is 0.0925. The molecule has 12 nitrogen and oxygen atoms in total. The van der Waals surface area contributed by atoms with Crippen LogP contribution < -0.4 is 16.2 Å². The Morgan fingerprint density at radius 2 is 0.967 bits per heavy atom. The van der Waals surface area contributed by atoms with E-state index in [1.807, 2.05) is 129 Å². The highest BCUT2D eigenvalue weighted by atomic mass is 16.5. The minimum Gasteiger partial charge on any atom is -0.468 e. The monoisotopic (exact) mass is 819 g/mol. The standard InChI is InChI=1S/C18H19N3O.C18H18N2O2.C13H16N2O2/c1-18(2,3)16(22)12-6-9-14-15(10-12)21-17(20-14)11-4-7-13(19)8-5-11;1-18(2,3)16(21)12-6-9-15-14(10-12)20-17(22-15)11-4-7-13(19)8-5-11;1-13(2,3)11(16)8-5-6-9-10(7-8)15-12(14-9)17-4/h4-10H,19H2,1-3H3,(H,20,21);4-10H,19H2,1-3H3;5-7H,1-4H3,(H,14,15). The fourth-order valence-electron chi connectivity index (χ4n) is 6.27. The predicted octanol–water partition coefficient (Wildman–Crippen LogP) is 11.1. The first-order valence-electron chi connectivity index (χ1n) is 19.9. The number of aromatic amines is 2. The van der Waals surface area contributed by atoms with Crippen LogP contribution in [0.2, 0.25) is 0 Å². The minimum atomic E-state index is -0.419. The van der Waals surface area contributed by atoms with Crippen LogP contribution in [0.1, 0.15) is 93.4 Å². The zero-order chi connectivity index (χ0) is 44.4. The number of imidazole rings is 2. The molecule has 0 aliphatic carbocycles. The van der Waals surface area contributed by atoms with Crippen molar-refractivity contribution >= 4 is 61.9 Å². The van der Waals surface area contributed by atoms with Crippen LogP contribution in [0.5, 0.6) is 6.01 Å². The lowest BCUT2D eigenvalue weighted by Gasteiger charge is -2.16. The highest BCUT2D eigenvalue weighted by molar-refractivity contribution is 6.03. The number of carbonyl (C=O) groups is 3. The number of hydrogen-bond donors (Lipinski definition) is 4. The number of benzene rings is 5. The number of carbonyl (C=O) groups excluding carboxylic acids is 3. The van der Waals surface area contributed by atoms with Gasteiger partial charge in [0.05, 0.1) is 29.2 Å². The zero-order valence-corrected chi connectivity index (χ0v) is 36.4. The van der Waals surface area contributed by atoms with Gasteiger partial charge in [-0.15, -0.1) is 0 Å². The number of anilines is 2. The summed E-state index contributed by atoms with van der Waals surface area (Å²) in [7, 11) is 1.55. The number of rotatable bonds is 6. The van der Waals surface area contributed by atoms with E-state index in [1.54, 1.807) is 43.5 Å². The maximum absolute atomic E-state index is 12.4. The van der Waals surface area contributed by atoms with Crippen LogP contribution in [0, 0.1) is 16.2 Å². The Balaban J connectivity index is 0.000000155. The lowest BCUT2D eigenvalue weighted by atomic mass is 9.86. The number of methoxy groups -OCH3 is 1. The summed E-state index contributed by atoms with van der Waals surface area (Å²) in [6, 6.07) is 31.7. The van der Waals surface area contributed by atoms with Gasteiger partial charge in [-0.25, -0.2) is 9.97 Å². The first kappa shape index (κ1) is 43.5. The summed E-state index contributed by atoms with van der Waals surface area (Å²) < 4.78 is 10.8. The van der Waals surface area contributed by atoms with Gasteiger partial charge in [-0.3, -0.25) is 14.4 Å². The van der Waals surface area contributed by atoms with Crippen molar-refractivity contribution in [2.45, 2.75) is 62.3 Å². The van der Waals surface area contributed by atoms with E-state index < -0.39 is 10.8 Å². The third-order valence-electron chi connectivity index (χ3n) is 9.69. The highest BCUT2D eigenvalue weighted by Gasteiger charge is 2.25. The van der Waals surface area contributed by atoms with E-state index in [2.05, 4.69) is 24.9 Å². The Kier molecular flexibility index (Phi) is 12.0. The van der Waals surface area contributed by atoms with E-state index >= 15 is 0 Å². The van der Waals surface area contributed by atoms with Gasteiger partial charge < -0.3 is 30.6 Å². The average molecular weight is 820 g/mol. The van der Waals surface area contributed by atoms with Crippen LogP contribution in [-0.2, 0) is 0 Å². The van der Waals surface area contributed by atoms with E-state index in [-0.39, 0.29) is 22.8 Å². The van der Waals surface area contributed by atoms with Gasteiger partial charge in [0.15, 0.2) is 22.9 Å².